The first-order valence-electron chi connectivity index (χ1n) is 10.3. The third kappa shape index (κ3) is 4.09. The predicted octanol–water partition coefficient (Wildman–Crippen LogP) is 3.30. The molecule has 5 heteroatoms. The first-order chi connectivity index (χ1) is 14.0. The number of rotatable bonds is 4. The van der Waals surface area contributed by atoms with Crippen LogP contribution in [0.2, 0.25) is 0 Å². The van der Waals surface area contributed by atoms with Gasteiger partial charge in [-0.05, 0) is 47.9 Å². The molecule has 0 N–H and O–H groups in total. The second-order valence-corrected chi connectivity index (χ2v) is 7.99. The molecule has 1 aliphatic heterocycles. The summed E-state index contributed by atoms with van der Waals surface area (Å²) in [7, 11) is 1.75. The van der Waals surface area contributed by atoms with E-state index >= 15 is 0 Å². The fourth-order valence-electron chi connectivity index (χ4n) is 4.41. The molecule has 0 atom stereocenters. The number of hydrogen-bond acceptors (Lipinski definition) is 3. The Kier molecular flexibility index (Phi) is 5.47. The largest absolute Gasteiger partial charge is 0.342 e. The number of ketones is 1. The first kappa shape index (κ1) is 19.4. The van der Waals surface area contributed by atoms with Gasteiger partial charge in [-0.2, -0.15) is 0 Å². The fourth-order valence-corrected chi connectivity index (χ4v) is 4.41. The highest BCUT2D eigenvalue weighted by atomic mass is 16.2. The molecule has 1 aromatic carbocycles. The molecule has 2 aliphatic rings. The van der Waals surface area contributed by atoms with E-state index in [-0.39, 0.29) is 23.7 Å². The minimum Gasteiger partial charge on any atom is -0.342 e. The summed E-state index contributed by atoms with van der Waals surface area (Å²) in [6.07, 6.45) is 4.90. The molecule has 0 bridgehead atoms. The molecule has 4 rings (SSSR count). The molecular formula is C24H26N2O3. The van der Waals surface area contributed by atoms with Crippen molar-refractivity contribution in [2.45, 2.75) is 38.0 Å². The molecule has 0 spiro atoms. The number of allylic oxidation sites excluding steroid dienone is 1. The van der Waals surface area contributed by atoms with Crippen molar-refractivity contribution in [3.63, 3.8) is 0 Å². The molecule has 1 fully saturated rings. The van der Waals surface area contributed by atoms with E-state index in [9.17, 15) is 14.4 Å². The Morgan fingerprint density at radius 3 is 2.45 bits per heavy atom. The zero-order valence-electron chi connectivity index (χ0n) is 16.8. The van der Waals surface area contributed by atoms with Crippen LogP contribution < -0.4 is 5.56 Å². The Hall–Kier alpha value is -2.95. The molecule has 0 unspecified atom stereocenters. The average molecular weight is 390 g/mol. The number of likely N-dealkylation sites (tertiary alicyclic amines) is 1. The summed E-state index contributed by atoms with van der Waals surface area (Å²) in [5, 5.41) is 0. The van der Waals surface area contributed by atoms with E-state index in [0.717, 1.165) is 36.0 Å². The normalized spacial score (nSPS) is 17.8. The summed E-state index contributed by atoms with van der Waals surface area (Å²) in [6, 6.07) is 13.6. The summed E-state index contributed by atoms with van der Waals surface area (Å²) in [4.78, 5) is 39.1. The van der Waals surface area contributed by atoms with Gasteiger partial charge < -0.3 is 9.47 Å². The quantitative estimate of drug-likeness (QED) is 0.805. The minimum absolute atomic E-state index is 0.00105. The molecular weight excluding hydrogens is 364 g/mol. The summed E-state index contributed by atoms with van der Waals surface area (Å²) >= 11 is 0. The van der Waals surface area contributed by atoms with E-state index in [1.54, 1.807) is 23.9 Å². The van der Waals surface area contributed by atoms with Crippen LogP contribution in [0.25, 0.3) is 5.57 Å². The highest BCUT2D eigenvalue weighted by Gasteiger charge is 2.29. The Labute approximate surface area is 170 Å². The molecule has 1 aliphatic carbocycles. The topological polar surface area (TPSA) is 59.4 Å². The van der Waals surface area contributed by atoms with Gasteiger partial charge in [-0.3, -0.25) is 14.4 Å². The summed E-state index contributed by atoms with van der Waals surface area (Å²) in [5.74, 6) is 0.443. The fraction of sp³-hybridized carbons (Fsp3) is 0.375. The van der Waals surface area contributed by atoms with Gasteiger partial charge in [0.2, 0.25) is 5.91 Å². The number of nitrogens with zero attached hydrogens (tertiary/aromatic N) is 2. The van der Waals surface area contributed by atoms with Gasteiger partial charge in [0, 0.05) is 44.4 Å². The number of piperidine rings is 1. The van der Waals surface area contributed by atoms with Crippen LogP contribution in [-0.2, 0) is 16.6 Å². The Morgan fingerprint density at radius 1 is 1.03 bits per heavy atom. The van der Waals surface area contributed by atoms with Crippen molar-refractivity contribution in [1.82, 2.24) is 9.47 Å². The monoisotopic (exact) mass is 390 g/mol. The maximum atomic E-state index is 12.9. The number of pyridine rings is 1. The predicted molar refractivity (Wildman–Crippen MR) is 112 cm³/mol. The molecule has 2 aromatic rings. The highest BCUT2D eigenvalue weighted by Crippen LogP contribution is 2.34. The number of amides is 1. The van der Waals surface area contributed by atoms with Crippen LogP contribution in [-0.4, -0.2) is 34.2 Å². The summed E-state index contributed by atoms with van der Waals surface area (Å²) in [5.41, 5.74) is 3.82. The number of carbonyl (C=O) groups is 2. The van der Waals surface area contributed by atoms with E-state index in [1.807, 2.05) is 41.3 Å². The second-order valence-electron chi connectivity index (χ2n) is 7.99. The van der Waals surface area contributed by atoms with Crippen molar-refractivity contribution in [2.75, 3.05) is 13.1 Å². The smallest absolute Gasteiger partial charge is 0.250 e. The molecule has 1 saturated heterocycles. The van der Waals surface area contributed by atoms with Gasteiger partial charge in [-0.15, -0.1) is 0 Å². The van der Waals surface area contributed by atoms with E-state index in [0.29, 0.717) is 31.0 Å². The van der Waals surface area contributed by atoms with E-state index in [1.165, 1.54) is 0 Å². The van der Waals surface area contributed by atoms with Crippen LogP contribution in [0.1, 0.15) is 49.1 Å². The van der Waals surface area contributed by atoms with Crippen molar-refractivity contribution in [1.29, 1.82) is 0 Å². The standard InChI is InChI=1S/C24H26N2O3/c1-25-12-9-19(15-23(25)28)17-10-13-26(14-11-17)24(29)16-21-20(7-8-22(21)27)18-5-3-2-4-6-18/h2-6,9,12,15,17H,7-8,10-11,13-14,16H2,1H3. The number of aromatic nitrogens is 1. The SMILES string of the molecule is Cn1ccc(C2CCN(C(=O)CC3=C(c4ccccc4)CCC3=O)CC2)cc1=O. The molecule has 0 saturated carbocycles. The van der Waals surface area contributed by atoms with Crippen LogP contribution >= 0.6 is 0 Å². The van der Waals surface area contributed by atoms with Gasteiger partial charge in [-0.1, -0.05) is 30.3 Å². The van der Waals surface area contributed by atoms with Gasteiger partial charge in [0.25, 0.3) is 5.56 Å². The molecule has 29 heavy (non-hydrogen) atoms. The second kappa shape index (κ2) is 8.19. The van der Waals surface area contributed by atoms with Crippen LogP contribution in [0.15, 0.2) is 59.0 Å². The molecule has 2 heterocycles. The van der Waals surface area contributed by atoms with Gasteiger partial charge in [0.1, 0.15) is 0 Å². The average Bonchev–Trinajstić information content (AvgIpc) is 3.11. The van der Waals surface area contributed by atoms with Crippen molar-refractivity contribution < 1.29 is 9.59 Å². The highest BCUT2D eigenvalue weighted by molar-refractivity contribution is 6.10. The number of hydrogen-bond donors (Lipinski definition) is 0. The Morgan fingerprint density at radius 2 is 1.76 bits per heavy atom. The molecule has 0 radical (unpaired) electrons. The van der Waals surface area contributed by atoms with Crippen molar-refractivity contribution in [3.8, 4) is 0 Å². The Bertz CT molecular complexity index is 1010. The van der Waals surface area contributed by atoms with Crippen LogP contribution in [0, 0.1) is 0 Å². The maximum Gasteiger partial charge on any atom is 0.250 e. The lowest BCUT2D eigenvalue weighted by atomic mass is 9.89. The zero-order valence-corrected chi connectivity index (χ0v) is 16.8. The van der Waals surface area contributed by atoms with E-state index < -0.39 is 0 Å². The summed E-state index contributed by atoms with van der Waals surface area (Å²) in [6.45, 7) is 1.34. The van der Waals surface area contributed by atoms with Crippen LogP contribution in [0.5, 0.6) is 0 Å². The van der Waals surface area contributed by atoms with Crippen LogP contribution in [0.3, 0.4) is 0 Å². The summed E-state index contributed by atoms with van der Waals surface area (Å²) < 4.78 is 1.57. The number of aryl methyl sites for hydroxylation is 1. The maximum absolute atomic E-state index is 12.9. The van der Waals surface area contributed by atoms with Crippen molar-refractivity contribution >= 4 is 17.3 Å². The van der Waals surface area contributed by atoms with Crippen molar-refractivity contribution in [3.05, 3.63) is 75.7 Å². The van der Waals surface area contributed by atoms with Gasteiger partial charge >= 0.3 is 0 Å². The van der Waals surface area contributed by atoms with E-state index in [4.69, 9.17) is 0 Å². The lowest BCUT2D eigenvalue weighted by Crippen LogP contribution is -2.38. The third-order valence-corrected chi connectivity index (χ3v) is 6.20. The first-order valence-corrected chi connectivity index (χ1v) is 10.3. The lowest BCUT2D eigenvalue weighted by molar-refractivity contribution is -0.132. The molecule has 1 aromatic heterocycles. The van der Waals surface area contributed by atoms with Gasteiger partial charge in [-0.25, -0.2) is 0 Å². The van der Waals surface area contributed by atoms with Crippen molar-refractivity contribution in [2.24, 2.45) is 7.05 Å². The minimum atomic E-state index is 0.00105. The number of carbonyl (C=O) groups excluding carboxylic acids is 2. The van der Waals surface area contributed by atoms with Crippen LogP contribution in [0.4, 0.5) is 0 Å². The molecule has 150 valence electrons. The number of Topliss-reactive ketones (excluding diaryl/α,β-unsaturated/α-hetero) is 1. The van der Waals surface area contributed by atoms with Gasteiger partial charge in [0.05, 0.1) is 6.42 Å². The molecule has 5 nitrogen and oxygen atoms in total. The third-order valence-electron chi connectivity index (χ3n) is 6.20. The lowest BCUT2D eigenvalue weighted by Gasteiger charge is -2.32. The number of benzene rings is 1. The van der Waals surface area contributed by atoms with Gasteiger partial charge in [0.15, 0.2) is 5.78 Å². The zero-order chi connectivity index (χ0) is 20.4. The van der Waals surface area contributed by atoms with E-state index in [2.05, 4.69) is 0 Å². The molecule has 1 amide bonds. The Balaban J connectivity index is 1.42.